The summed E-state index contributed by atoms with van der Waals surface area (Å²) in [6.07, 6.45) is 5.60. The van der Waals surface area contributed by atoms with Gasteiger partial charge in [-0.15, -0.1) is 0 Å². The highest BCUT2D eigenvalue weighted by atomic mass is 14.9. The summed E-state index contributed by atoms with van der Waals surface area (Å²) >= 11 is 0. The minimum atomic E-state index is 0.472. The molecule has 2 heteroatoms. The standard InChI is InChI=1S/C9H16N2/c1-3-4-5-9-7-10-6-8(2)11-9/h6,9H,3-5,7H2,1-2H3. The van der Waals surface area contributed by atoms with E-state index < -0.39 is 0 Å². The van der Waals surface area contributed by atoms with Gasteiger partial charge in [0.1, 0.15) is 0 Å². The van der Waals surface area contributed by atoms with Crippen LogP contribution in [0.25, 0.3) is 0 Å². The molecule has 1 atom stereocenters. The molecule has 0 radical (unpaired) electrons. The van der Waals surface area contributed by atoms with Gasteiger partial charge in [-0.1, -0.05) is 19.8 Å². The van der Waals surface area contributed by atoms with Crippen LogP contribution in [0.4, 0.5) is 0 Å². The van der Waals surface area contributed by atoms with Gasteiger partial charge in [0.15, 0.2) is 0 Å². The predicted molar refractivity (Wildman–Crippen MR) is 49.8 cm³/mol. The normalized spacial score (nSPS) is 23.5. The zero-order chi connectivity index (χ0) is 8.10. The van der Waals surface area contributed by atoms with Gasteiger partial charge in [0.2, 0.25) is 0 Å². The molecule has 1 aliphatic rings. The van der Waals surface area contributed by atoms with E-state index in [1.165, 1.54) is 19.3 Å². The Bertz CT molecular complexity index is 170. The van der Waals surface area contributed by atoms with Crippen LogP contribution in [0, 0.1) is 0 Å². The third-order valence-electron chi connectivity index (χ3n) is 1.87. The van der Waals surface area contributed by atoms with Gasteiger partial charge in [-0.3, -0.25) is 9.98 Å². The second-order valence-electron chi connectivity index (χ2n) is 3.06. The van der Waals surface area contributed by atoms with Gasteiger partial charge < -0.3 is 0 Å². The van der Waals surface area contributed by atoms with Crippen molar-refractivity contribution in [1.29, 1.82) is 0 Å². The predicted octanol–water partition coefficient (Wildman–Crippen LogP) is 2.09. The molecule has 0 aromatic rings. The number of hydrogen-bond acceptors (Lipinski definition) is 2. The molecule has 1 unspecified atom stereocenters. The van der Waals surface area contributed by atoms with E-state index >= 15 is 0 Å². The smallest absolute Gasteiger partial charge is 0.0698 e. The van der Waals surface area contributed by atoms with Gasteiger partial charge in [0, 0.05) is 11.9 Å². The minimum Gasteiger partial charge on any atom is -0.289 e. The quantitative estimate of drug-likeness (QED) is 0.591. The fraction of sp³-hybridized carbons (Fsp3) is 0.778. The molecule has 0 aromatic carbocycles. The van der Waals surface area contributed by atoms with E-state index in [1.54, 1.807) is 0 Å². The molecule has 0 fully saturated rings. The van der Waals surface area contributed by atoms with Crippen LogP contribution in [0.3, 0.4) is 0 Å². The summed E-state index contributed by atoms with van der Waals surface area (Å²) in [5, 5.41) is 0. The van der Waals surface area contributed by atoms with Gasteiger partial charge in [-0.05, 0) is 13.3 Å². The summed E-state index contributed by atoms with van der Waals surface area (Å²) in [7, 11) is 0. The second kappa shape index (κ2) is 4.27. The molecular formula is C9H16N2. The Labute approximate surface area is 68.4 Å². The monoisotopic (exact) mass is 152 g/mol. The highest BCUT2D eigenvalue weighted by Crippen LogP contribution is 2.07. The lowest BCUT2D eigenvalue weighted by molar-refractivity contribution is 0.585. The van der Waals surface area contributed by atoms with Gasteiger partial charge in [-0.25, -0.2) is 0 Å². The Morgan fingerprint density at radius 1 is 1.64 bits per heavy atom. The van der Waals surface area contributed by atoms with Crippen LogP contribution in [-0.2, 0) is 0 Å². The molecule has 0 saturated carbocycles. The van der Waals surface area contributed by atoms with Crippen molar-refractivity contribution in [3.8, 4) is 0 Å². The van der Waals surface area contributed by atoms with E-state index in [0.717, 1.165) is 12.3 Å². The van der Waals surface area contributed by atoms with Crippen LogP contribution in [0.15, 0.2) is 9.98 Å². The molecule has 0 aromatic heterocycles. The van der Waals surface area contributed by atoms with Crippen molar-refractivity contribution in [3.05, 3.63) is 0 Å². The summed E-state index contributed by atoms with van der Waals surface area (Å²) in [4.78, 5) is 8.72. The molecule has 0 bridgehead atoms. The Morgan fingerprint density at radius 3 is 3.09 bits per heavy atom. The molecule has 0 spiro atoms. The Morgan fingerprint density at radius 2 is 2.45 bits per heavy atom. The average Bonchev–Trinajstić information content (AvgIpc) is 2.01. The maximum atomic E-state index is 4.49. The molecule has 0 amide bonds. The number of unbranched alkanes of at least 4 members (excludes halogenated alkanes) is 1. The maximum absolute atomic E-state index is 4.49. The van der Waals surface area contributed by atoms with Crippen LogP contribution in [0.1, 0.15) is 33.1 Å². The molecule has 1 rings (SSSR count). The molecule has 0 N–H and O–H groups in total. The minimum absolute atomic E-state index is 0.472. The molecule has 1 heterocycles. The summed E-state index contributed by atoms with van der Waals surface area (Å²) in [6, 6.07) is 0.472. The molecular weight excluding hydrogens is 136 g/mol. The van der Waals surface area contributed by atoms with E-state index in [4.69, 9.17) is 0 Å². The van der Waals surface area contributed by atoms with Gasteiger partial charge in [-0.2, -0.15) is 0 Å². The molecule has 0 aliphatic carbocycles. The maximum Gasteiger partial charge on any atom is 0.0698 e. The zero-order valence-electron chi connectivity index (χ0n) is 7.38. The number of aliphatic imine (C=N–C) groups is 2. The Balaban J connectivity index is 2.31. The molecule has 2 nitrogen and oxygen atoms in total. The van der Waals surface area contributed by atoms with E-state index in [9.17, 15) is 0 Å². The van der Waals surface area contributed by atoms with Crippen molar-refractivity contribution in [3.63, 3.8) is 0 Å². The fourth-order valence-electron chi connectivity index (χ4n) is 1.26. The Hall–Kier alpha value is -0.660. The van der Waals surface area contributed by atoms with E-state index in [2.05, 4.69) is 16.9 Å². The van der Waals surface area contributed by atoms with Crippen LogP contribution in [-0.4, -0.2) is 24.5 Å². The lowest BCUT2D eigenvalue weighted by Gasteiger charge is -2.12. The average molecular weight is 152 g/mol. The molecule has 0 saturated heterocycles. The fourth-order valence-corrected chi connectivity index (χ4v) is 1.26. The van der Waals surface area contributed by atoms with E-state index in [0.29, 0.717) is 6.04 Å². The topological polar surface area (TPSA) is 24.7 Å². The van der Waals surface area contributed by atoms with Crippen molar-refractivity contribution in [2.45, 2.75) is 39.2 Å². The van der Waals surface area contributed by atoms with Crippen LogP contribution < -0.4 is 0 Å². The van der Waals surface area contributed by atoms with Gasteiger partial charge in [0.05, 0.1) is 12.6 Å². The number of hydrogen-bond donors (Lipinski definition) is 0. The first-order valence-electron chi connectivity index (χ1n) is 4.37. The van der Waals surface area contributed by atoms with Crippen molar-refractivity contribution in [2.24, 2.45) is 9.98 Å². The third-order valence-corrected chi connectivity index (χ3v) is 1.87. The second-order valence-corrected chi connectivity index (χ2v) is 3.06. The SMILES string of the molecule is CCCCC1CN=CC(C)=N1. The Kier molecular flexibility index (Phi) is 3.27. The first-order chi connectivity index (χ1) is 5.33. The summed E-state index contributed by atoms with van der Waals surface area (Å²) in [5.74, 6) is 0. The van der Waals surface area contributed by atoms with Crippen molar-refractivity contribution >= 4 is 11.9 Å². The molecule has 11 heavy (non-hydrogen) atoms. The first-order valence-corrected chi connectivity index (χ1v) is 4.37. The summed E-state index contributed by atoms with van der Waals surface area (Å²) < 4.78 is 0. The van der Waals surface area contributed by atoms with E-state index in [-0.39, 0.29) is 0 Å². The van der Waals surface area contributed by atoms with Crippen LogP contribution in [0.2, 0.25) is 0 Å². The first kappa shape index (κ1) is 8.44. The van der Waals surface area contributed by atoms with E-state index in [1.807, 2.05) is 13.1 Å². The highest BCUT2D eigenvalue weighted by Gasteiger charge is 2.07. The van der Waals surface area contributed by atoms with Crippen molar-refractivity contribution < 1.29 is 0 Å². The van der Waals surface area contributed by atoms with Crippen molar-refractivity contribution in [1.82, 2.24) is 0 Å². The van der Waals surface area contributed by atoms with Crippen LogP contribution >= 0.6 is 0 Å². The zero-order valence-corrected chi connectivity index (χ0v) is 7.38. The van der Waals surface area contributed by atoms with Gasteiger partial charge >= 0.3 is 0 Å². The van der Waals surface area contributed by atoms with Gasteiger partial charge in [0.25, 0.3) is 0 Å². The van der Waals surface area contributed by atoms with Crippen molar-refractivity contribution in [2.75, 3.05) is 6.54 Å². The molecule has 62 valence electrons. The summed E-state index contributed by atoms with van der Waals surface area (Å²) in [5.41, 5.74) is 1.08. The number of nitrogens with zero attached hydrogens (tertiary/aromatic N) is 2. The van der Waals surface area contributed by atoms with Crippen LogP contribution in [0.5, 0.6) is 0 Å². The third kappa shape index (κ3) is 2.83. The lowest BCUT2D eigenvalue weighted by Crippen LogP contribution is -2.16. The number of rotatable bonds is 3. The lowest BCUT2D eigenvalue weighted by atomic mass is 10.1. The largest absolute Gasteiger partial charge is 0.289 e. The molecule has 1 aliphatic heterocycles. The summed E-state index contributed by atoms with van der Waals surface area (Å²) in [6.45, 7) is 5.13. The highest BCUT2D eigenvalue weighted by molar-refractivity contribution is 6.29.